The molecule has 2 rings (SSSR count). The van der Waals surface area contributed by atoms with Gasteiger partial charge >= 0.3 is 0 Å². The number of aromatic nitrogens is 1. The Bertz CT molecular complexity index is 438. The van der Waals surface area contributed by atoms with Crippen molar-refractivity contribution in [2.24, 2.45) is 5.92 Å². The normalized spacial score (nSPS) is 17.2. The van der Waals surface area contributed by atoms with Crippen molar-refractivity contribution < 1.29 is 4.79 Å². The first-order valence-corrected chi connectivity index (χ1v) is 8.21. The van der Waals surface area contributed by atoms with Gasteiger partial charge in [0.1, 0.15) is 5.69 Å². The number of nitrogens with zero attached hydrogens (tertiary/aromatic N) is 1. The Morgan fingerprint density at radius 2 is 2.10 bits per heavy atom. The predicted molar refractivity (Wildman–Crippen MR) is 86.5 cm³/mol. The highest BCUT2D eigenvalue weighted by molar-refractivity contribution is 5.92. The van der Waals surface area contributed by atoms with E-state index in [1.165, 1.54) is 32.1 Å². The first-order valence-electron chi connectivity index (χ1n) is 8.21. The average molecular weight is 289 g/mol. The van der Waals surface area contributed by atoms with Crippen molar-refractivity contribution in [3.8, 4) is 0 Å². The van der Waals surface area contributed by atoms with Crippen molar-refractivity contribution in [2.45, 2.75) is 58.4 Å². The van der Waals surface area contributed by atoms with Crippen LogP contribution in [0.25, 0.3) is 0 Å². The monoisotopic (exact) mass is 289 g/mol. The van der Waals surface area contributed by atoms with Crippen LogP contribution in [0.2, 0.25) is 0 Å². The zero-order valence-electron chi connectivity index (χ0n) is 13.2. The van der Waals surface area contributed by atoms with Gasteiger partial charge in [-0.3, -0.25) is 4.79 Å². The molecule has 116 valence electrons. The second kappa shape index (κ2) is 8.01. The summed E-state index contributed by atoms with van der Waals surface area (Å²) in [6.45, 7) is 5.16. The van der Waals surface area contributed by atoms with Gasteiger partial charge in [-0.25, -0.2) is 4.98 Å². The minimum atomic E-state index is -0.0601. The van der Waals surface area contributed by atoms with E-state index < -0.39 is 0 Å². The molecule has 2 N–H and O–H groups in total. The number of carbonyl (C=O) groups excluding carboxylic acids is 1. The molecule has 1 amide bonds. The fourth-order valence-electron chi connectivity index (χ4n) is 2.93. The van der Waals surface area contributed by atoms with E-state index in [0.29, 0.717) is 11.6 Å². The molecule has 1 atom stereocenters. The van der Waals surface area contributed by atoms with Crippen LogP contribution in [0.15, 0.2) is 18.3 Å². The molecule has 1 aromatic rings. The highest BCUT2D eigenvalue weighted by Crippen LogP contribution is 2.26. The minimum Gasteiger partial charge on any atom is -0.384 e. The second-order valence-electron chi connectivity index (χ2n) is 6.02. The largest absolute Gasteiger partial charge is 0.384 e. The molecule has 1 unspecified atom stereocenters. The van der Waals surface area contributed by atoms with Crippen LogP contribution in [0.4, 0.5) is 5.69 Å². The standard InChI is InChI=1S/C17H27N3O/c1-3-11-18-15-9-10-16(19-12-15)17(21)20-13(2)14-7-5-4-6-8-14/h9-10,12-14,18H,3-8,11H2,1-2H3,(H,20,21). The number of rotatable bonds is 6. The van der Waals surface area contributed by atoms with Crippen LogP contribution in [0.3, 0.4) is 0 Å². The van der Waals surface area contributed by atoms with E-state index in [9.17, 15) is 4.79 Å². The summed E-state index contributed by atoms with van der Waals surface area (Å²) < 4.78 is 0. The Morgan fingerprint density at radius 3 is 2.71 bits per heavy atom. The van der Waals surface area contributed by atoms with Crippen molar-refractivity contribution in [1.82, 2.24) is 10.3 Å². The van der Waals surface area contributed by atoms with Crippen molar-refractivity contribution in [1.29, 1.82) is 0 Å². The number of hydrogen-bond donors (Lipinski definition) is 2. The summed E-state index contributed by atoms with van der Waals surface area (Å²) in [6.07, 6.45) is 9.19. The molecule has 1 saturated carbocycles. The lowest BCUT2D eigenvalue weighted by Gasteiger charge is -2.28. The molecular weight excluding hydrogens is 262 g/mol. The smallest absolute Gasteiger partial charge is 0.270 e. The van der Waals surface area contributed by atoms with Gasteiger partial charge in [0.05, 0.1) is 11.9 Å². The number of hydrogen-bond acceptors (Lipinski definition) is 3. The lowest BCUT2D eigenvalue weighted by Crippen LogP contribution is -2.39. The van der Waals surface area contributed by atoms with Gasteiger partial charge in [-0.15, -0.1) is 0 Å². The van der Waals surface area contributed by atoms with Crippen LogP contribution in [0.1, 0.15) is 62.9 Å². The summed E-state index contributed by atoms with van der Waals surface area (Å²) in [6, 6.07) is 3.95. The third-order valence-corrected chi connectivity index (χ3v) is 4.29. The summed E-state index contributed by atoms with van der Waals surface area (Å²) in [7, 11) is 0. The predicted octanol–water partition coefficient (Wildman–Crippen LogP) is 3.60. The first kappa shape index (κ1) is 15.8. The van der Waals surface area contributed by atoms with Crippen LogP contribution in [-0.2, 0) is 0 Å². The van der Waals surface area contributed by atoms with Crippen molar-refractivity contribution in [3.05, 3.63) is 24.0 Å². The Balaban J connectivity index is 1.87. The van der Waals surface area contributed by atoms with Crippen LogP contribution in [0, 0.1) is 5.92 Å². The van der Waals surface area contributed by atoms with Crippen molar-refractivity contribution >= 4 is 11.6 Å². The zero-order chi connectivity index (χ0) is 15.1. The summed E-state index contributed by atoms with van der Waals surface area (Å²) in [4.78, 5) is 16.5. The summed E-state index contributed by atoms with van der Waals surface area (Å²) in [5.74, 6) is 0.559. The van der Waals surface area contributed by atoms with Crippen LogP contribution in [0.5, 0.6) is 0 Å². The second-order valence-corrected chi connectivity index (χ2v) is 6.02. The van der Waals surface area contributed by atoms with Gasteiger partial charge in [-0.05, 0) is 44.2 Å². The van der Waals surface area contributed by atoms with E-state index >= 15 is 0 Å². The summed E-state index contributed by atoms with van der Waals surface area (Å²) in [5, 5.41) is 6.37. The lowest BCUT2D eigenvalue weighted by molar-refractivity contribution is 0.0914. The van der Waals surface area contributed by atoms with E-state index in [4.69, 9.17) is 0 Å². The number of carbonyl (C=O) groups is 1. The van der Waals surface area contributed by atoms with Crippen LogP contribution >= 0.6 is 0 Å². The molecule has 0 bridgehead atoms. The molecule has 1 aliphatic carbocycles. The number of amides is 1. The average Bonchev–Trinajstić information content (AvgIpc) is 2.54. The molecule has 21 heavy (non-hydrogen) atoms. The minimum absolute atomic E-state index is 0.0601. The topological polar surface area (TPSA) is 54.0 Å². The van der Waals surface area contributed by atoms with Crippen LogP contribution in [-0.4, -0.2) is 23.5 Å². The lowest BCUT2D eigenvalue weighted by atomic mass is 9.84. The molecule has 1 fully saturated rings. The Morgan fingerprint density at radius 1 is 1.33 bits per heavy atom. The molecule has 1 aliphatic rings. The van der Waals surface area contributed by atoms with E-state index in [1.807, 2.05) is 6.07 Å². The van der Waals surface area contributed by atoms with E-state index in [0.717, 1.165) is 18.7 Å². The van der Waals surface area contributed by atoms with Gasteiger partial charge in [0, 0.05) is 12.6 Å². The molecule has 0 aromatic carbocycles. The molecule has 4 nitrogen and oxygen atoms in total. The highest BCUT2D eigenvalue weighted by atomic mass is 16.1. The zero-order valence-corrected chi connectivity index (χ0v) is 13.2. The molecule has 0 spiro atoms. The van der Waals surface area contributed by atoms with Gasteiger partial charge in [0.25, 0.3) is 5.91 Å². The highest BCUT2D eigenvalue weighted by Gasteiger charge is 2.22. The van der Waals surface area contributed by atoms with Crippen molar-refractivity contribution in [3.63, 3.8) is 0 Å². The maximum Gasteiger partial charge on any atom is 0.270 e. The molecule has 0 radical (unpaired) electrons. The molecule has 0 saturated heterocycles. The number of anilines is 1. The Kier molecular flexibility index (Phi) is 6.03. The van der Waals surface area contributed by atoms with E-state index in [-0.39, 0.29) is 11.9 Å². The fourth-order valence-corrected chi connectivity index (χ4v) is 2.93. The quantitative estimate of drug-likeness (QED) is 0.841. The SMILES string of the molecule is CCCNc1ccc(C(=O)NC(C)C2CCCCC2)nc1. The molecule has 0 aliphatic heterocycles. The maximum atomic E-state index is 12.2. The van der Waals surface area contributed by atoms with Gasteiger partial charge in [-0.2, -0.15) is 0 Å². The van der Waals surface area contributed by atoms with E-state index in [1.54, 1.807) is 12.3 Å². The van der Waals surface area contributed by atoms with Gasteiger partial charge < -0.3 is 10.6 Å². The summed E-state index contributed by atoms with van der Waals surface area (Å²) >= 11 is 0. The first-order chi connectivity index (χ1) is 10.2. The van der Waals surface area contributed by atoms with E-state index in [2.05, 4.69) is 29.5 Å². The maximum absolute atomic E-state index is 12.2. The Hall–Kier alpha value is -1.58. The third kappa shape index (κ3) is 4.73. The molecule has 4 heteroatoms. The molecule has 1 aromatic heterocycles. The fraction of sp³-hybridized carbons (Fsp3) is 0.647. The van der Waals surface area contributed by atoms with Gasteiger partial charge in [-0.1, -0.05) is 26.2 Å². The Labute approximate surface area is 127 Å². The molecular formula is C17H27N3O. The number of pyridine rings is 1. The van der Waals surface area contributed by atoms with Gasteiger partial charge in [0.15, 0.2) is 0 Å². The third-order valence-electron chi connectivity index (χ3n) is 4.29. The van der Waals surface area contributed by atoms with Crippen LogP contribution < -0.4 is 10.6 Å². The van der Waals surface area contributed by atoms with Gasteiger partial charge in [0.2, 0.25) is 0 Å². The number of nitrogens with one attached hydrogen (secondary N) is 2. The molecule has 1 heterocycles. The van der Waals surface area contributed by atoms with Crippen molar-refractivity contribution in [2.75, 3.05) is 11.9 Å². The summed E-state index contributed by atoms with van der Waals surface area (Å²) in [5.41, 5.74) is 1.47.